The molecule has 0 unspecified atom stereocenters. The largest absolute Gasteiger partial charge is 0.440 e. The zero-order valence-corrected chi connectivity index (χ0v) is 15.8. The third-order valence-electron chi connectivity index (χ3n) is 5.29. The van der Waals surface area contributed by atoms with Crippen molar-refractivity contribution in [2.45, 2.75) is 43.0 Å². The smallest absolute Gasteiger partial charge is 0.264 e. The fraction of sp³-hybridized carbons (Fsp3) is 0.286. The Labute approximate surface area is 158 Å². The lowest BCUT2D eigenvalue weighted by Gasteiger charge is -2.24. The molecule has 1 aliphatic carbocycles. The van der Waals surface area contributed by atoms with Crippen LogP contribution in [0, 0.1) is 0 Å². The summed E-state index contributed by atoms with van der Waals surface area (Å²) in [5, 5.41) is 0. The second-order valence-corrected chi connectivity index (χ2v) is 9.16. The Hall–Kier alpha value is -2.60. The van der Waals surface area contributed by atoms with Crippen LogP contribution < -0.4 is 4.31 Å². The van der Waals surface area contributed by atoms with Crippen molar-refractivity contribution in [3.63, 3.8) is 0 Å². The molecule has 6 heteroatoms. The summed E-state index contributed by atoms with van der Waals surface area (Å²) in [5.41, 5.74) is 2.68. The summed E-state index contributed by atoms with van der Waals surface area (Å²) >= 11 is 0. The Kier molecular flexibility index (Phi) is 3.65. The number of hydrogen-bond acceptors (Lipinski definition) is 4. The van der Waals surface area contributed by atoms with E-state index in [9.17, 15) is 8.42 Å². The molecule has 2 aliphatic rings. The molecule has 1 fully saturated rings. The molecule has 3 aromatic rings. The van der Waals surface area contributed by atoms with E-state index >= 15 is 0 Å². The number of fused-ring (bicyclic) bond motifs is 1. The SMILES string of the molecule is C[C@@H]1Cc2ccccc2N1S(=O)(=O)c1ccc(-c2cnc(C3CC3)o2)cc1. The predicted molar refractivity (Wildman–Crippen MR) is 103 cm³/mol. The Balaban J connectivity index is 1.47. The van der Waals surface area contributed by atoms with Gasteiger partial charge in [0.1, 0.15) is 0 Å². The highest BCUT2D eigenvalue weighted by atomic mass is 32.2. The van der Waals surface area contributed by atoms with Gasteiger partial charge in [0.25, 0.3) is 10.0 Å². The van der Waals surface area contributed by atoms with E-state index in [1.165, 1.54) is 4.31 Å². The second kappa shape index (κ2) is 5.96. The Morgan fingerprint density at radius 3 is 2.56 bits per heavy atom. The maximum atomic E-state index is 13.2. The molecule has 0 spiro atoms. The molecule has 0 bridgehead atoms. The van der Waals surface area contributed by atoms with E-state index in [4.69, 9.17) is 4.42 Å². The van der Waals surface area contributed by atoms with Gasteiger partial charge in [0.05, 0.1) is 16.8 Å². The summed E-state index contributed by atoms with van der Waals surface area (Å²) in [6.45, 7) is 1.94. The topological polar surface area (TPSA) is 63.4 Å². The van der Waals surface area contributed by atoms with Crippen molar-refractivity contribution in [2.75, 3.05) is 4.31 Å². The molecule has 27 heavy (non-hydrogen) atoms. The van der Waals surface area contributed by atoms with Crippen molar-refractivity contribution >= 4 is 15.7 Å². The minimum Gasteiger partial charge on any atom is -0.440 e. The zero-order chi connectivity index (χ0) is 18.6. The van der Waals surface area contributed by atoms with Gasteiger partial charge < -0.3 is 4.42 Å². The lowest BCUT2D eigenvalue weighted by molar-refractivity contribution is 0.509. The highest BCUT2D eigenvalue weighted by molar-refractivity contribution is 7.92. The van der Waals surface area contributed by atoms with Gasteiger partial charge in [-0.3, -0.25) is 4.31 Å². The van der Waals surface area contributed by atoms with E-state index in [1.54, 1.807) is 30.5 Å². The summed E-state index contributed by atoms with van der Waals surface area (Å²) in [7, 11) is -3.61. The van der Waals surface area contributed by atoms with Crippen molar-refractivity contribution in [3.8, 4) is 11.3 Å². The average Bonchev–Trinajstić information content (AvgIpc) is 3.29. The molecular formula is C21H20N2O3S. The Morgan fingerprint density at radius 1 is 1.07 bits per heavy atom. The molecule has 1 atom stereocenters. The maximum absolute atomic E-state index is 13.2. The van der Waals surface area contributed by atoms with Crippen LogP contribution in [0.15, 0.2) is 64.0 Å². The summed E-state index contributed by atoms with van der Waals surface area (Å²) in [5.74, 6) is 1.92. The molecule has 1 aromatic heterocycles. The van der Waals surface area contributed by atoms with Crippen molar-refractivity contribution in [1.82, 2.24) is 4.98 Å². The molecule has 5 nitrogen and oxygen atoms in total. The highest BCUT2D eigenvalue weighted by Gasteiger charge is 2.35. The fourth-order valence-corrected chi connectivity index (χ4v) is 5.44. The first-order valence-electron chi connectivity index (χ1n) is 9.22. The Morgan fingerprint density at radius 2 is 1.81 bits per heavy atom. The van der Waals surface area contributed by atoms with Crippen molar-refractivity contribution in [3.05, 3.63) is 66.2 Å². The lowest BCUT2D eigenvalue weighted by Crippen LogP contribution is -2.35. The zero-order valence-electron chi connectivity index (χ0n) is 15.0. The van der Waals surface area contributed by atoms with Gasteiger partial charge in [-0.1, -0.05) is 18.2 Å². The van der Waals surface area contributed by atoms with Gasteiger partial charge in [-0.15, -0.1) is 0 Å². The molecule has 0 radical (unpaired) electrons. The third-order valence-corrected chi connectivity index (χ3v) is 7.23. The maximum Gasteiger partial charge on any atom is 0.264 e. The quantitative estimate of drug-likeness (QED) is 0.675. The van der Waals surface area contributed by atoms with Crippen LogP contribution in [0.25, 0.3) is 11.3 Å². The molecule has 1 aliphatic heterocycles. The van der Waals surface area contributed by atoms with Crippen molar-refractivity contribution < 1.29 is 12.8 Å². The average molecular weight is 380 g/mol. The second-order valence-electron chi connectivity index (χ2n) is 7.34. The van der Waals surface area contributed by atoms with Crippen LogP contribution in [-0.2, 0) is 16.4 Å². The summed E-state index contributed by atoms with van der Waals surface area (Å²) < 4.78 is 33.8. The van der Waals surface area contributed by atoms with Gasteiger partial charge in [0, 0.05) is 17.5 Å². The molecule has 5 rings (SSSR count). The van der Waals surface area contributed by atoms with Gasteiger partial charge in [-0.05, 0) is 62.1 Å². The number of aromatic nitrogens is 1. The van der Waals surface area contributed by atoms with Gasteiger partial charge in [-0.2, -0.15) is 0 Å². The van der Waals surface area contributed by atoms with Crippen LogP contribution >= 0.6 is 0 Å². The van der Waals surface area contributed by atoms with Crippen LogP contribution in [0.3, 0.4) is 0 Å². The van der Waals surface area contributed by atoms with Crippen molar-refractivity contribution in [1.29, 1.82) is 0 Å². The minimum atomic E-state index is -3.61. The first kappa shape index (κ1) is 16.6. The minimum absolute atomic E-state index is 0.0950. The van der Waals surface area contributed by atoms with Gasteiger partial charge in [0.15, 0.2) is 11.7 Å². The van der Waals surface area contributed by atoms with Gasteiger partial charge in [0.2, 0.25) is 0 Å². The summed E-state index contributed by atoms with van der Waals surface area (Å²) in [6, 6.07) is 14.5. The molecule has 2 aromatic carbocycles. The molecule has 2 heterocycles. The molecule has 1 saturated carbocycles. The molecule has 0 saturated heterocycles. The van der Waals surface area contributed by atoms with E-state index in [1.807, 2.05) is 31.2 Å². The standard InChI is InChI=1S/C21H20N2O3S/c1-14-12-17-4-2-3-5-19(17)23(14)27(24,25)18-10-8-15(9-11-18)20-13-22-21(26-20)16-6-7-16/h2-5,8-11,13-14,16H,6-7,12H2,1H3/t14-/m1/s1. The molecular weight excluding hydrogens is 360 g/mol. The number of anilines is 1. The van der Waals surface area contributed by atoms with E-state index in [0.29, 0.717) is 11.7 Å². The van der Waals surface area contributed by atoms with Gasteiger partial charge >= 0.3 is 0 Å². The van der Waals surface area contributed by atoms with Crippen LogP contribution in [0.2, 0.25) is 0 Å². The van der Waals surface area contributed by atoms with E-state index in [-0.39, 0.29) is 10.9 Å². The Bertz CT molecular complexity index is 1100. The summed E-state index contributed by atoms with van der Waals surface area (Å²) in [6.07, 6.45) is 4.71. The normalized spacial score (nSPS) is 19.3. The number of hydrogen-bond donors (Lipinski definition) is 0. The summed E-state index contributed by atoms with van der Waals surface area (Å²) in [4.78, 5) is 4.62. The van der Waals surface area contributed by atoms with Gasteiger partial charge in [-0.25, -0.2) is 13.4 Å². The molecule has 138 valence electrons. The molecule has 0 N–H and O–H groups in total. The van der Waals surface area contributed by atoms with Crippen LogP contribution in [0.1, 0.15) is 37.1 Å². The number of rotatable bonds is 4. The predicted octanol–water partition coefficient (Wildman–Crippen LogP) is 4.36. The number of para-hydroxylation sites is 1. The van der Waals surface area contributed by atoms with Crippen LogP contribution in [-0.4, -0.2) is 19.4 Å². The number of oxazole rings is 1. The fourth-order valence-electron chi connectivity index (χ4n) is 3.75. The monoisotopic (exact) mass is 380 g/mol. The first-order valence-corrected chi connectivity index (χ1v) is 10.7. The van der Waals surface area contributed by atoms with Crippen LogP contribution in [0.4, 0.5) is 5.69 Å². The number of nitrogens with zero attached hydrogens (tertiary/aromatic N) is 2. The number of benzene rings is 2. The lowest BCUT2D eigenvalue weighted by atomic mass is 10.1. The van der Waals surface area contributed by atoms with Crippen LogP contribution in [0.5, 0.6) is 0 Å². The first-order chi connectivity index (χ1) is 13.0. The molecule has 0 amide bonds. The highest BCUT2D eigenvalue weighted by Crippen LogP contribution is 2.41. The van der Waals surface area contributed by atoms with E-state index in [2.05, 4.69) is 4.98 Å². The van der Waals surface area contributed by atoms with E-state index in [0.717, 1.165) is 42.0 Å². The third kappa shape index (κ3) is 2.75. The number of sulfonamides is 1. The van der Waals surface area contributed by atoms with Crippen molar-refractivity contribution in [2.24, 2.45) is 0 Å². The van der Waals surface area contributed by atoms with E-state index < -0.39 is 10.0 Å².